The first-order valence-electron chi connectivity index (χ1n) is 6.72. The van der Waals surface area contributed by atoms with Gasteiger partial charge in [0.25, 0.3) is 0 Å². The Labute approximate surface area is 117 Å². The fourth-order valence-corrected chi connectivity index (χ4v) is 2.52. The van der Waals surface area contributed by atoms with Crippen LogP contribution in [0.25, 0.3) is 0 Å². The summed E-state index contributed by atoms with van der Waals surface area (Å²) >= 11 is 0. The van der Waals surface area contributed by atoms with Crippen LogP contribution in [0.15, 0.2) is 30.3 Å². The van der Waals surface area contributed by atoms with E-state index in [4.69, 9.17) is 0 Å². The number of benzene rings is 1. The van der Waals surface area contributed by atoms with Crippen LogP contribution >= 0.6 is 0 Å². The van der Waals surface area contributed by atoms with Gasteiger partial charge in [0.2, 0.25) is 0 Å². The summed E-state index contributed by atoms with van der Waals surface area (Å²) in [7, 11) is 0. The third-order valence-corrected chi connectivity index (χ3v) is 3.51. The summed E-state index contributed by atoms with van der Waals surface area (Å²) in [5, 5.41) is 12.3. The zero-order valence-electron chi connectivity index (χ0n) is 11.0. The van der Waals surface area contributed by atoms with Crippen molar-refractivity contribution in [2.75, 3.05) is 5.32 Å². The lowest BCUT2D eigenvalue weighted by Gasteiger charge is -2.17. The maximum absolute atomic E-state index is 13.2. The molecule has 0 amide bonds. The van der Waals surface area contributed by atoms with Crippen LogP contribution in [-0.2, 0) is 12.8 Å². The number of fused-ring (bicyclic) bond motifs is 1. The topological polar surface area (TPSA) is 48.7 Å². The second-order valence-electron chi connectivity index (χ2n) is 4.94. The second kappa shape index (κ2) is 5.30. The van der Waals surface area contributed by atoms with E-state index in [2.05, 4.69) is 16.4 Å². The second-order valence-corrected chi connectivity index (χ2v) is 4.94. The number of hydrogen-bond donors (Lipinski definition) is 1. The molecule has 0 unspecified atom stereocenters. The van der Waals surface area contributed by atoms with E-state index in [-0.39, 0.29) is 5.82 Å². The Bertz CT molecular complexity index is 689. The third-order valence-electron chi connectivity index (χ3n) is 3.51. The van der Waals surface area contributed by atoms with Crippen LogP contribution in [0.5, 0.6) is 0 Å². The highest BCUT2D eigenvalue weighted by Crippen LogP contribution is 2.26. The lowest BCUT2D eigenvalue weighted by Crippen LogP contribution is -2.09. The molecule has 0 spiro atoms. The van der Waals surface area contributed by atoms with Crippen LogP contribution in [0, 0.1) is 17.1 Å². The molecule has 0 saturated heterocycles. The Balaban J connectivity index is 1.98. The minimum Gasteiger partial charge on any atom is -0.339 e. The summed E-state index contributed by atoms with van der Waals surface area (Å²) in [6.07, 6.45) is 4.21. The number of pyridine rings is 1. The van der Waals surface area contributed by atoms with Gasteiger partial charge in [-0.2, -0.15) is 5.26 Å². The number of rotatable bonds is 2. The molecule has 20 heavy (non-hydrogen) atoms. The number of hydrogen-bond acceptors (Lipinski definition) is 3. The van der Waals surface area contributed by atoms with E-state index >= 15 is 0 Å². The van der Waals surface area contributed by atoms with Crippen LogP contribution < -0.4 is 5.32 Å². The highest BCUT2D eigenvalue weighted by Gasteiger charge is 2.15. The van der Waals surface area contributed by atoms with Gasteiger partial charge in [-0.3, -0.25) is 0 Å². The molecule has 100 valence electrons. The Morgan fingerprint density at radius 2 is 2.05 bits per heavy atom. The third kappa shape index (κ3) is 2.48. The number of anilines is 2. The summed E-state index contributed by atoms with van der Waals surface area (Å²) in [6.45, 7) is 0. The first kappa shape index (κ1) is 12.6. The molecule has 4 heteroatoms. The highest BCUT2D eigenvalue weighted by atomic mass is 19.1. The smallest absolute Gasteiger partial charge is 0.148 e. The number of nitrogens with one attached hydrogen (secondary N) is 1. The number of halogens is 1. The van der Waals surface area contributed by atoms with Gasteiger partial charge in [-0.25, -0.2) is 9.37 Å². The minimum atomic E-state index is -0.313. The van der Waals surface area contributed by atoms with Gasteiger partial charge < -0.3 is 5.32 Å². The average Bonchev–Trinajstić information content (AvgIpc) is 2.46. The first-order chi connectivity index (χ1) is 9.76. The largest absolute Gasteiger partial charge is 0.339 e. The van der Waals surface area contributed by atoms with Crippen LogP contribution in [-0.4, -0.2) is 4.98 Å². The summed E-state index contributed by atoms with van der Waals surface area (Å²) in [5.41, 5.74) is 3.33. The van der Waals surface area contributed by atoms with Crippen molar-refractivity contribution in [3.63, 3.8) is 0 Å². The van der Waals surface area contributed by atoms with Gasteiger partial charge >= 0.3 is 0 Å². The van der Waals surface area contributed by atoms with Gasteiger partial charge in [-0.1, -0.05) is 6.07 Å². The van der Waals surface area contributed by atoms with Crippen molar-refractivity contribution in [2.24, 2.45) is 0 Å². The maximum Gasteiger partial charge on any atom is 0.148 e. The Kier molecular flexibility index (Phi) is 3.34. The summed E-state index contributed by atoms with van der Waals surface area (Å²) in [4.78, 5) is 4.55. The van der Waals surface area contributed by atoms with Crippen LogP contribution in [0.3, 0.4) is 0 Å². The summed E-state index contributed by atoms with van der Waals surface area (Å²) < 4.78 is 13.2. The van der Waals surface area contributed by atoms with Gasteiger partial charge in [-0.05, 0) is 55.5 Å². The van der Waals surface area contributed by atoms with Crippen molar-refractivity contribution in [1.82, 2.24) is 4.98 Å². The van der Waals surface area contributed by atoms with Gasteiger partial charge in [0.05, 0.1) is 5.56 Å². The van der Waals surface area contributed by atoms with Gasteiger partial charge in [0.15, 0.2) is 0 Å². The molecule has 3 rings (SSSR count). The molecule has 0 aliphatic heterocycles. The van der Waals surface area contributed by atoms with Crippen molar-refractivity contribution < 1.29 is 4.39 Å². The molecule has 3 nitrogen and oxygen atoms in total. The molecule has 0 bridgehead atoms. The molecule has 1 N–H and O–H groups in total. The van der Waals surface area contributed by atoms with Gasteiger partial charge in [-0.15, -0.1) is 0 Å². The van der Waals surface area contributed by atoms with Crippen LogP contribution in [0.1, 0.15) is 29.7 Å². The number of aryl methyl sites for hydroxylation is 2. The van der Waals surface area contributed by atoms with E-state index in [1.165, 1.54) is 12.1 Å². The molecule has 1 heterocycles. The number of nitriles is 1. The molecule has 1 aliphatic rings. The Morgan fingerprint density at radius 3 is 2.85 bits per heavy atom. The van der Waals surface area contributed by atoms with Crippen molar-refractivity contribution in [3.8, 4) is 6.07 Å². The molecule has 2 aromatic rings. The van der Waals surface area contributed by atoms with Gasteiger partial charge in [0.1, 0.15) is 17.7 Å². The Hall–Kier alpha value is -2.41. The predicted molar refractivity (Wildman–Crippen MR) is 75.3 cm³/mol. The fourth-order valence-electron chi connectivity index (χ4n) is 2.52. The lowest BCUT2D eigenvalue weighted by molar-refractivity contribution is 0.628. The molecular formula is C16H14FN3. The van der Waals surface area contributed by atoms with Gasteiger partial charge in [0, 0.05) is 11.4 Å². The summed E-state index contributed by atoms with van der Waals surface area (Å²) in [6, 6.07) is 10.2. The average molecular weight is 267 g/mol. The molecular weight excluding hydrogens is 253 g/mol. The molecule has 0 saturated carbocycles. The number of nitrogens with zero attached hydrogens (tertiary/aromatic N) is 2. The quantitative estimate of drug-likeness (QED) is 0.902. The standard InChI is InChI=1S/C16H14FN3/c17-13-5-3-6-14(9-13)19-16-12(10-18)8-11-4-1-2-7-15(11)20-16/h3,5-6,8-9H,1-2,4,7H2,(H,19,20). The van der Waals surface area contributed by atoms with E-state index in [0.29, 0.717) is 17.1 Å². The molecule has 0 fully saturated rings. The van der Waals surface area contributed by atoms with E-state index in [0.717, 1.165) is 36.9 Å². The predicted octanol–water partition coefficient (Wildman–Crippen LogP) is 3.71. The minimum absolute atomic E-state index is 0.313. The van der Waals surface area contributed by atoms with Crippen molar-refractivity contribution in [3.05, 3.63) is 53.0 Å². The molecule has 0 atom stereocenters. The molecule has 1 aromatic heterocycles. The molecule has 1 aliphatic carbocycles. The highest BCUT2D eigenvalue weighted by molar-refractivity contribution is 5.63. The SMILES string of the molecule is N#Cc1cc2c(nc1Nc1cccc(F)c1)CCCC2. The zero-order chi connectivity index (χ0) is 13.9. The normalized spacial score (nSPS) is 13.4. The maximum atomic E-state index is 13.2. The van der Waals surface area contributed by atoms with E-state index in [1.54, 1.807) is 12.1 Å². The van der Waals surface area contributed by atoms with E-state index in [9.17, 15) is 9.65 Å². The monoisotopic (exact) mass is 267 g/mol. The van der Waals surface area contributed by atoms with Crippen LogP contribution in [0.4, 0.5) is 15.9 Å². The van der Waals surface area contributed by atoms with E-state index in [1.807, 2.05) is 6.07 Å². The number of aromatic nitrogens is 1. The van der Waals surface area contributed by atoms with Crippen molar-refractivity contribution in [2.45, 2.75) is 25.7 Å². The lowest BCUT2D eigenvalue weighted by atomic mass is 9.95. The first-order valence-corrected chi connectivity index (χ1v) is 6.72. The molecule has 1 aromatic carbocycles. The van der Waals surface area contributed by atoms with Crippen molar-refractivity contribution in [1.29, 1.82) is 5.26 Å². The Morgan fingerprint density at radius 1 is 1.20 bits per heavy atom. The van der Waals surface area contributed by atoms with E-state index < -0.39 is 0 Å². The fraction of sp³-hybridized carbons (Fsp3) is 0.250. The van der Waals surface area contributed by atoms with Crippen LogP contribution in [0.2, 0.25) is 0 Å². The zero-order valence-corrected chi connectivity index (χ0v) is 11.0. The molecule has 0 radical (unpaired) electrons. The van der Waals surface area contributed by atoms with Crippen molar-refractivity contribution >= 4 is 11.5 Å². The summed E-state index contributed by atoms with van der Waals surface area (Å²) in [5.74, 6) is 0.199.